The molecular formula is C15H21N5O2S. The summed E-state index contributed by atoms with van der Waals surface area (Å²) in [6, 6.07) is 9.40. The van der Waals surface area contributed by atoms with Crippen molar-refractivity contribution < 1.29 is 8.42 Å². The lowest BCUT2D eigenvalue weighted by atomic mass is 10.2. The lowest BCUT2D eigenvalue weighted by Crippen LogP contribution is -2.36. The van der Waals surface area contributed by atoms with Crippen LogP contribution in [-0.4, -0.2) is 23.2 Å². The maximum absolute atomic E-state index is 12.1. The predicted octanol–water partition coefficient (Wildman–Crippen LogP) is 1.13. The Balaban J connectivity index is 1.58. The molecule has 3 rings (SSSR count). The van der Waals surface area contributed by atoms with E-state index in [-0.39, 0.29) is 13.1 Å². The Morgan fingerprint density at radius 1 is 1.00 bits per heavy atom. The molecule has 1 aliphatic heterocycles. The Kier molecular flexibility index (Phi) is 5.04. The smallest absolute Gasteiger partial charge is 0.277 e. The predicted molar refractivity (Wildman–Crippen MR) is 86.6 cm³/mol. The van der Waals surface area contributed by atoms with Crippen molar-refractivity contribution in [2.24, 2.45) is 0 Å². The third-order valence-corrected chi connectivity index (χ3v) is 4.96. The van der Waals surface area contributed by atoms with Gasteiger partial charge in [0.25, 0.3) is 10.2 Å². The minimum atomic E-state index is -3.57. The van der Waals surface area contributed by atoms with Crippen LogP contribution in [0.5, 0.6) is 0 Å². The number of aromatic nitrogens is 3. The van der Waals surface area contributed by atoms with Gasteiger partial charge < -0.3 is 4.57 Å². The number of benzene rings is 1. The Bertz CT molecular complexity index is 742. The summed E-state index contributed by atoms with van der Waals surface area (Å²) < 4.78 is 31.2. The van der Waals surface area contributed by atoms with Crippen molar-refractivity contribution in [1.82, 2.24) is 24.2 Å². The van der Waals surface area contributed by atoms with Crippen molar-refractivity contribution in [3.63, 3.8) is 0 Å². The highest BCUT2D eigenvalue weighted by molar-refractivity contribution is 7.87. The second-order valence-electron chi connectivity index (χ2n) is 5.63. The van der Waals surface area contributed by atoms with Crippen molar-refractivity contribution >= 4 is 10.2 Å². The van der Waals surface area contributed by atoms with Crippen LogP contribution in [0.25, 0.3) is 0 Å². The van der Waals surface area contributed by atoms with E-state index in [1.54, 1.807) is 0 Å². The van der Waals surface area contributed by atoms with Crippen molar-refractivity contribution in [2.45, 2.75) is 45.3 Å². The Labute approximate surface area is 136 Å². The van der Waals surface area contributed by atoms with Gasteiger partial charge in [-0.1, -0.05) is 36.8 Å². The molecule has 23 heavy (non-hydrogen) atoms. The van der Waals surface area contributed by atoms with Crippen LogP contribution in [0.4, 0.5) is 0 Å². The molecular weight excluding hydrogens is 314 g/mol. The van der Waals surface area contributed by atoms with Crippen LogP contribution in [0, 0.1) is 0 Å². The van der Waals surface area contributed by atoms with Crippen LogP contribution in [-0.2, 0) is 36.3 Å². The van der Waals surface area contributed by atoms with Crippen LogP contribution >= 0.6 is 0 Å². The minimum absolute atomic E-state index is 0.150. The van der Waals surface area contributed by atoms with Crippen LogP contribution in [0.2, 0.25) is 0 Å². The molecule has 8 heteroatoms. The average molecular weight is 335 g/mol. The summed E-state index contributed by atoms with van der Waals surface area (Å²) in [4.78, 5) is 0. The quantitative estimate of drug-likeness (QED) is 0.828. The van der Waals surface area contributed by atoms with E-state index in [1.165, 1.54) is 6.42 Å². The van der Waals surface area contributed by atoms with Gasteiger partial charge in [0.05, 0.1) is 6.54 Å². The van der Waals surface area contributed by atoms with E-state index in [2.05, 4.69) is 19.6 Å². The van der Waals surface area contributed by atoms with Crippen molar-refractivity contribution in [3.05, 3.63) is 47.5 Å². The first kappa shape index (κ1) is 16.1. The van der Waals surface area contributed by atoms with Crippen LogP contribution in [0.15, 0.2) is 30.3 Å². The third-order valence-electron chi connectivity index (χ3n) is 3.92. The van der Waals surface area contributed by atoms with Crippen molar-refractivity contribution in [1.29, 1.82) is 0 Å². The van der Waals surface area contributed by atoms with Gasteiger partial charge in [0, 0.05) is 19.5 Å². The van der Waals surface area contributed by atoms with E-state index < -0.39 is 10.2 Å². The molecule has 2 heterocycles. The number of nitrogens with one attached hydrogen (secondary N) is 2. The van der Waals surface area contributed by atoms with Gasteiger partial charge in [-0.25, -0.2) is 0 Å². The molecule has 0 saturated carbocycles. The third kappa shape index (κ3) is 4.37. The summed E-state index contributed by atoms with van der Waals surface area (Å²) in [6.45, 7) is 1.27. The SMILES string of the molecule is O=S(=O)(NCc1ccccc1)NCc1nnc2n1CCCCC2. The van der Waals surface area contributed by atoms with Gasteiger partial charge in [-0.15, -0.1) is 10.2 Å². The van der Waals surface area contributed by atoms with Gasteiger partial charge in [0.15, 0.2) is 0 Å². The molecule has 7 nitrogen and oxygen atoms in total. The molecule has 0 radical (unpaired) electrons. The molecule has 1 aromatic heterocycles. The molecule has 124 valence electrons. The first-order valence-electron chi connectivity index (χ1n) is 7.83. The largest absolute Gasteiger partial charge is 0.314 e. The van der Waals surface area contributed by atoms with Gasteiger partial charge in [-0.05, 0) is 18.4 Å². The van der Waals surface area contributed by atoms with Gasteiger partial charge >= 0.3 is 0 Å². The number of aryl methyl sites for hydroxylation is 1. The monoisotopic (exact) mass is 335 g/mol. The summed E-state index contributed by atoms with van der Waals surface area (Å²) in [7, 11) is -3.57. The molecule has 0 atom stereocenters. The molecule has 0 amide bonds. The van der Waals surface area contributed by atoms with Crippen molar-refractivity contribution in [2.75, 3.05) is 0 Å². The number of hydrogen-bond donors (Lipinski definition) is 2. The maximum atomic E-state index is 12.1. The highest BCUT2D eigenvalue weighted by atomic mass is 32.2. The second kappa shape index (κ2) is 7.20. The van der Waals surface area contributed by atoms with Gasteiger partial charge in [0.2, 0.25) is 0 Å². The number of hydrogen-bond acceptors (Lipinski definition) is 4. The molecule has 0 saturated heterocycles. The van der Waals surface area contributed by atoms with E-state index in [1.807, 2.05) is 34.9 Å². The molecule has 0 unspecified atom stereocenters. The van der Waals surface area contributed by atoms with Gasteiger partial charge in [-0.2, -0.15) is 17.9 Å². The molecule has 0 aliphatic carbocycles. The molecule has 1 aromatic carbocycles. The number of rotatable bonds is 6. The first-order chi connectivity index (χ1) is 11.1. The van der Waals surface area contributed by atoms with E-state index in [0.29, 0.717) is 5.82 Å². The topological polar surface area (TPSA) is 88.9 Å². The van der Waals surface area contributed by atoms with Crippen LogP contribution in [0.3, 0.4) is 0 Å². The van der Waals surface area contributed by atoms with Crippen LogP contribution < -0.4 is 9.44 Å². The fourth-order valence-electron chi connectivity index (χ4n) is 2.66. The zero-order valence-electron chi connectivity index (χ0n) is 12.9. The zero-order chi connectivity index (χ0) is 16.1. The highest BCUT2D eigenvalue weighted by Gasteiger charge is 2.16. The lowest BCUT2D eigenvalue weighted by molar-refractivity contribution is 0.555. The number of nitrogens with zero attached hydrogens (tertiary/aromatic N) is 3. The number of fused-ring (bicyclic) bond motifs is 1. The lowest BCUT2D eigenvalue weighted by Gasteiger charge is -2.10. The summed E-state index contributed by atoms with van der Waals surface area (Å²) in [5.74, 6) is 1.63. The van der Waals surface area contributed by atoms with E-state index in [9.17, 15) is 8.42 Å². The average Bonchev–Trinajstić information content (AvgIpc) is 2.79. The molecule has 0 fully saturated rings. The first-order valence-corrected chi connectivity index (χ1v) is 9.31. The summed E-state index contributed by atoms with van der Waals surface area (Å²) in [5.41, 5.74) is 0.911. The summed E-state index contributed by atoms with van der Waals surface area (Å²) in [6.07, 6.45) is 4.28. The summed E-state index contributed by atoms with van der Waals surface area (Å²) in [5, 5.41) is 8.29. The maximum Gasteiger partial charge on any atom is 0.277 e. The van der Waals surface area contributed by atoms with Gasteiger partial charge in [0.1, 0.15) is 11.6 Å². The molecule has 0 bridgehead atoms. The molecule has 0 spiro atoms. The summed E-state index contributed by atoms with van der Waals surface area (Å²) >= 11 is 0. The molecule has 1 aliphatic rings. The van der Waals surface area contributed by atoms with E-state index in [4.69, 9.17) is 0 Å². The molecule has 2 aromatic rings. The minimum Gasteiger partial charge on any atom is -0.314 e. The fraction of sp³-hybridized carbons (Fsp3) is 0.467. The Morgan fingerprint density at radius 3 is 2.61 bits per heavy atom. The van der Waals surface area contributed by atoms with Crippen LogP contribution in [0.1, 0.15) is 36.5 Å². The van der Waals surface area contributed by atoms with Gasteiger partial charge in [-0.3, -0.25) is 0 Å². The Hall–Kier alpha value is -1.77. The van der Waals surface area contributed by atoms with E-state index in [0.717, 1.165) is 37.2 Å². The standard InChI is InChI=1S/C15H21N5O2S/c21-23(22,16-11-13-7-3-1-4-8-13)17-12-15-19-18-14-9-5-2-6-10-20(14)15/h1,3-4,7-8,16-17H,2,5-6,9-12H2. The zero-order valence-corrected chi connectivity index (χ0v) is 13.7. The van der Waals surface area contributed by atoms with Crippen molar-refractivity contribution in [3.8, 4) is 0 Å². The fourth-order valence-corrected chi connectivity index (χ4v) is 3.44. The van der Waals surface area contributed by atoms with E-state index >= 15 is 0 Å². The normalized spacial score (nSPS) is 15.1. The second-order valence-corrected chi connectivity index (χ2v) is 7.21. The molecule has 2 N–H and O–H groups in total. The highest BCUT2D eigenvalue weighted by Crippen LogP contribution is 2.14. The Morgan fingerprint density at radius 2 is 1.78 bits per heavy atom.